The minimum atomic E-state index is 0.121. The van der Waals surface area contributed by atoms with Gasteiger partial charge >= 0.3 is 0 Å². The lowest BCUT2D eigenvalue weighted by Gasteiger charge is -2.47. The summed E-state index contributed by atoms with van der Waals surface area (Å²) in [4.78, 5) is 10.8. The third-order valence-corrected chi connectivity index (χ3v) is 2.91. The largest absolute Gasteiger partial charge is 0.378 e. The molecule has 0 aliphatic carbocycles. The highest BCUT2D eigenvalue weighted by molar-refractivity contribution is 5.84. The van der Waals surface area contributed by atoms with Crippen molar-refractivity contribution in [1.29, 1.82) is 0 Å². The fraction of sp³-hybridized carbons (Fsp3) is 0.889. The van der Waals surface area contributed by atoms with Gasteiger partial charge in [-0.05, 0) is 19.3 Å². The van der Waals surface area contributed by atoms with Crippen LogP contribution in [-0.2, 0) is 9.53 Å². The van der Waals surface area contributed by atoms with Gasteiger partial charge in [-0.2, -0.15) is 0 Å². The van der Waals surface area contributed by atoms with E-state index in [0.717, 1.165) is 25.9 Å². The number of ether oxygens (including phenoxy) is 1. The predicted molar refractivity (Wildman–Crippen MR) is 44.8 cm³/mol. The molecule has 2 aliphatic heterocycles. The van der Waals surface area contributed by atoms with Crippen LogP contribution >= 0.6 is 0 Å². The zero-order chi connectivity index (χ0) is 8.60. The van der Waals surface area contributed by atoms with Crippen molar-refractivity contribution in [2.24, 2.45) is 0 Å². The molecule has 0 aromatic rings. The van der Waals surface area contributed by atoms with E-state index in [-0.39, 0.29) is 11.4 Å². The lowest BCUT2D eigenvalue weighted by Crippen LogP contribution is -2.64. The first-order valence-electron chi connectivity index (χ1n) is 4.67. The number of carbonyl (C=O) groups excluding carboxylic acids is 1. The van der Waals surface area contributed by atoms with Crippen LogP contribution in [0.4, 0.5) is 0 Å². The second-order valence-electron chi connectivity index (χ2n) is 3.86. The number of hydrogen-bond acceptors (Lipinski definition) is 2. The molecule has 2 aliphatic rings. The molecule has 3 heteroatoms. The van der Waals surface area contributed by atoms with Crippen molar-refractivity contribution < 1.29 is 9.53 Å². The van der Waals surface area contributed by atoms with E-state index < -0.39 is 0 Å². The first kappa shape index (κ1) is 8.05. The van der Waals surface area contributed by atoms with Crippen molar-refractivity contribution in [3.05, 3.63) is 0 Å². The highest BCUT2D eigenvalue weighted by Crippen LogP contribution is 2.34. The number of amides is 1. The molecule has 2 fully saturated rings. The van der Waals surface area contributed by atoms with Gasteiger partial charge in [0.15, 0.2) is 0 Å². The Hall–Kier alpha value is -0.570. The summed E-state index contributed by atoms with van der Waals surface area (Å²) < 4.78 is 5.54. The smallest absolute Gasteiger partial charge is 0.222 e. The van der Waals surface area contributed by atoms with Gasteiger partial charge in [-0.3, -0.25) is 4.79 Å². The number of carbonyl (C=O) groups is 1. The van der Waals surface area contributed by atoms with Crippen LogP contribution in [0.25, 0.3) is 0 Å². The van der Waals surface area contributed by atoms with Crippen LogP contribution in [0, 0.1) is 0 Å². The Morgan fingerprint density at radius 1 is 1.75 bits per heavy atom. The SMILES string of the molecule is CCC1CC2(CCO1)CC(=O)N2. The summed E-state index contributed by atoms with van der Waals surface area (Å²) >= 11 is 0. The maximum atomic E-state index is 10.8. The monoisotopic (exact) mass is 169 g/mol. The Bertz CT molecular complexity index is 195. The molecule has 2 atom stereocenters. The summed E-state index contributed by atoms with van der Waals surface area (Å²) in [6.07, 6.45) is 4.13. The topological polar surface area (TPSA) is 38.3 Å². The standard InChI is InChI=1S/C9H15NO2/c1-2-7-5-9(3-4-12-7)6-8(11)10-9/h7H,2-6H2,1H3,(H,10,11). The van der Waals surface area contributed by atoms with Crippen molar-refractivity contribution in [3.8, 4) is 0 Å². The van der Waals surface area contributed by atoms with Crippen molar-refractivity contribution >= 4 is 5.91 Å². The summed E-state index contributed by atoms with van der Waals surface area (Å²) in [5.74, 6) is 0.201. The number of rotatable bonds is 1. The van der Waals surface area contributed by atoms with Crippen LogP contribution in [-0.4, -0.2) is 24.2 Å². The number of hydrogen-bond donors (Lipinski definition) is 1. The van der Waals surface area contributed by atoms with Gasteiger partial charge in [0.2, 0.25) is 5.91 Å². The van der Waals surface area contributed by atoms with E-state index in [4.69, 9.17) is 4.74 Å². The lowest BCUT2D eigenvalue weighted by atomic mass is 9.77. The van der Waals surface area contributed by atoms with E-state index >= 15 is 0 Å². The molecule has 1 N–H and O–H groups in total. The van der Waals surface area contributed by atoms with E-state index in [9.17, 15) is 4.79 Å². The number of β-lactam (4-membered cyclic amide) rings is 1. The molecule has 0 radical (unpaired) electrons. The Labute approximate surface area is 72.5 Å². The molecule has 0 aromatic carbocycles. The molecule has 0 aromatic heterocycles. The molecule has 3 nitrogen and oxygen atoms in total. The van der Waals surface area contributed by atoms with E-state index in [1.54, 1.807) is 0 Å². The van der Waals surface area contributed by atoms with Crippen molar-refractivity contribution in [2.75, 3.05) is 6.61 Å². The third kappa shape index (κ3) is 1.22. The molecule has 1 amide bonds. The predicted octanol–water partition coefficient (Wildman–Crippen LogP) is 0.834. The van der Waals surface area contributed by atoms with Gasteiger partial charge < -0.3 is 10.1 Å². The number of nitrogens with one attached hydrogen (secondary N) is 1. The zero-order valence-electron chi connectivity index (χ0n) is 7.43. The second kappa shape index (κ2) is 2.73. The summed E-state index contributed by atoms with van der Waals surface area (Å²) in [6.45, 7) is 2.93. The molecule has 1 spiro atoms. The Kier molecular flexibility index (Phi) is 1.83. The lowest BCUT2D eigenvalue weighted by molar-refractivity contribution is -0.140. The van der Waals surface area contributed by atoms with Crippen LogP contribution in [0.2, 0.25) is 0 Å². The summed E-state index contributed by atoms with van der Waals surface area (Å²) in [5.41, 5.74) is 0.121. The van der Waals surface area contributed by atoms with Crippen LogP contribution < -0.4 is 5.32 Å². The molecule has 2 rings (SSSR count). The molecule has 0 saturated carbocycles. The van der Waals surface area contributed by atoms with Crippen LogP contribution in [0.5, 0.6) is 0 Å². The highest BCUT2D eigenvalue weighted by Gasteiger charge is 2.45. The van der Waals surface area contributed by atoms with Gasteiger partial charge in [-0.15, -0.1) is 0 Å². The molecule has 12 heavy (non-hydrogen) atoms. The second-order valence-corrected chi connectivity index (χ2v) is 3.86. The van der Waals surface area contributed by atoms with E-state index in [2.05, 4.69) is 12.2 Å². The van der Waals surface area contributed by atoms with Gasteiger partial charge in [-0.25, -0.2) is 0 Å². The fourth-order valence-corrected chi connectivity index (χ4v) is 2.14. The normalized spacial score (nSPS) is 40.8. The van der Waals surface area contributed by atoms with E-state index in [1.165, 1.54) is 0 Å². The van der Waals surface area contributed by atoms with E-state index in [1.807, 2.05) is 0 Å². The maximum Gasteiger partial charge on any atom is 0.222 e. The first-order chi connectivity index (χ1) is 5.74. The van der Waals surface area contributed by atoms with Gasteiger partial charge in [0, 0.05) is 13.0 Å². The average Bonchev–Trinajstić information content (AvgIpc) is 2.02. The Morgan fingerprint density at radius 3 is 3.08 bits per heavy atom. The zero-order valence-corrected chi connectivity index (χ0v) is 7.43. The molecular weight excluding hydrogens is 154 g/mol. The first-order valence-corrected chi connectivity index (χ1v) is 4.67. The van der Waals surface area contributed by atoms with Crippen LogP contribution in [0.15, 0.2) is 0 Å². The molecule has 2 unspecified atom stereocenters. The summed E-state index contributed by atoms with van der Waals surface area (Å²) in [7, 11) is 0. The van der Waals surface area contributed by atoms with E-state index in [0.29, 0.717) is 12.5 Å². The van der Waals surface area contributed by atoms with Crippen molar-refractivity contribution in [1.82, 2.24) is 5.32 Å². The molecule has 68 valence electrons. The fourth-order valence-electron chi connectivity index (χ4n) is 2.14. The van der Waals surface area contributed by atoms with Gasteiger partial charge in [-0.1, -0.05) is 6.92 Å². The van der Waals surface area contributed by atoms with Gasteiger partial charge in [0.1, 0.15) is 0 Å². The molecular formula is C9H15NO2. The highest BCUT2D eigenvalue weighted by atomic mass is 16.5. The van der Waals surface area contributed by atoms with Crippen LogP contribution in [0.1, 0.15) is 32.6 Å². The summed E-state index contributed by atoms with van der Waals surface area (Å²) in [6, 6.07) is 0. The third-order valence-electron chi connectivity index (χ3n) is 2.91. The molecule has 2 saturated heterocycles. The van der Waals surface area contributed by atoms with Crippen molar-refractivity contribution in [3.63, 3.8) is 0 Å². The quantitative estimate of drug-likeness (QED) is 0.590. The molecule has 0 bridgehead atoms. The van der Waals surface area contributed by atoms with Crippen molar-refractivity contribution in [2.45, 2.75) is 44.2 Å². The molecule has 2 heterocycles. The van der Waals surface area contributed by atoms with Crippen LogP contribution in [0.3, 0.4) is 0 Å². The average molecular weight is 169 g/mol. The minimum Gasteiger partial charge on any atom is -0.378 e. The summed E-state index contributed by atoms with van der Waals surface area (Å²) in [5, 5.41) is 3.00. The Morgan fingerprint density at radius 2 is 2.50 bits per heavy atom. The van der Waals surface area contributed by atoms with Gasteiger partial charge in [0.05, 0.1) is 11.6 Å². The minimum absolute atomic E-state index is 0.121. The van der Waals surface area contributed by atoms with Gasteiger partial charge in [0.25, 0.3) is 0 Å². The maximum absolute atomic E-state index is 10.8. The Balaban J connectivity index is 1.95.